The van der Waals surface area contributed by atoms with Crippen molar-refractivity contribution >= 4 is 38.1 Å². The first-order valence-electron chi connectivity index (χ1n) is 6.66. The maximum absolute atomic E-state index is 12.4. The van der Waals surface area contributed by atoms with E-state index < -0.39 is 10.0 Å². The molecule has 1 aromatic heterocycles. The van der Waals surface area contributed by atoms with Crippen LogP contribution in [0.15, 0.2) is 28.5 Å². The molecule has 0 amide bonds. The summed E-state index contributed by atoms with van der Waals surface area (Å²) < 4.78 is 27.3. The maximum Gasteiger partial charge on any atom is 0.263 e. The molecular weight excluding hydrogens is 328 g/mol. The lowest BCUT2D eigenvalue weighted by atomic mass is 10.2. The number of rotatable bonds is 6. The number of halogens is 1. The number of nitrogens with zero attached hydrogens (tertiary/aromatic N) is 1. The molecular formula is C14H17ClN2O2S2. The Balaban J connectivity index is 2.21. The van der Waals surface area contributed by atoms with Gasteiger partial charge in [0.1, 0.15) is 0 Å². The molecule has 0 bridgehead atoms. The van der Waals surface area contributed by atoms with E-state index in [-0.39, 0.29) is 4.90 Å². The van der Waals surface area contributed by atoms with Crippen LogP contribution >= 0.6 is 22.9 Å². The molecule has 7 heteroatoms. The van der Waals surface area contributed by atoms with Gasteiger partial charge in [-0.1, -0.05) is 31.0 Å². The molecule has 0 saturated carbocycles. The van der Waals surface area contributed by atoms with Gasteiger partial charge in [0.25, 0.3) is 10.0 Å². The normalized spacial score (nSPS) is 11.6. The molecule has 1 heterocycles. The highest BCUT2D eigenvalue weighted by Crippen LogP contribution is 2.26. The smallest absolute Gasteiger partial charge is 0.255 e. The monoisotopic (exact) mass is 344 g/mol. The highest BCUT2D eigenvalue weighted by Gasteiger charge is 2.19. The van der Waals surface area contributed by atoms with E-state index in [2.05, 4.69) is 16.6 Å². The van der Waals surface area contributed by atoms with Crippen molar-refractivity contribution in [2.45, 2.75) is 38.0 Å². The van der Waals surface area contributed by atoms with Crippen molar-refractivity contribution in [3.05, 3.63) is 39.9 Å². The molecule has 21 heavy (non-hydrogen) atoms. The van der Waals surface area contributed by atoms with Gasteiger partial charge < -0.3 is 0 Å². The number of nitrogens with one attached hydrogen (secondary N) is 1. The quantitative estimate of drug-likeness (QED) is 0.852. The number of thiazole rings is 1. The van der Waals surface area contributed by atoms with Gasteiger partial charge in [-0.05, 0) is 37.5 Å². The van der Waals surface area contributed by atoms with Gasteiger partial charge in [-0.3, -0.25) is 4.72 Å². The Hall–Kier alpha value is -1.11. The van der Waals surface area contributed by atoms with Crippen LogP contribution in [0.4, 0.5) is 5.13 Å². The van der Waals surface area contributed by atoms with Crippen LogP contribution in [0.3, 0.4) is 0 Å². The standard InChI is InChI=1S/C14H17ClN2O2S2/c1-3-4-6-11-9-20-14(16-11)17-21(18,19)13-8-5-7-12(15)10(13)2/h5,7-9H,3-4,6H2,1-2H3,(H,16,17). The Bertz CT molecular complexity index is 726. The topological polar surface area (TPSA) is 59.1 Å². The van der Waals surface area contributed by atoms with E-state index in [0.717, 1.165) is 25.0 Å². The Morgan fingerprint density at radius 1 is 1.38 bits per heavy atom. The minimum atomic E-state index is -3.66. The summed E-state index contributed by atoms with van der Waals surface area (Å²) in [4.78, 5) is 4.49. The lowest BCUT2D eigenvalue weighted by Gasteiger charge is -2.09. The second-order valence-electron chi connectivity index (χ2n) is 4.72. The average Bonchev–Trinajstić information content (AvgIpc) is 2.86. The molecule has 0 aliphatic heterocycles. The third kappa shape index (κ3) is 3.96. The Morgan fingerprint density at radius 3 is 2.86 bits per heavy atom. The number of hydrogen-bond acceptors (Lipinski definition) is 4. The fourth-order valence-corrected chi connectivity index (χ4v) is 4.37. The van der Waals surface area contributed by atoms with Crippen molar-refractivity contribution in [2.24, 2.45) is 0 Å². The van der Waals surface area contributed by atoms with Gasteiger partial charge in [-0.25, -0.2) is 13.4 Å². The van der Waals surface area contributed by atoms with E-state index in [4.69, 9.17) is 11.6 Å². The second-order valence-corrected chi connectivity index (χ2v) is 7.63. The summed E-state index contributed by atoms with van der Waals surface area (Å²) in [6.45, 7) is 3.79. The molecule has 0 aliphatic carbocycles. The largest absolute Gasteiger partial charge is 0.263 e. The van der Waals surface area contributed by atoms with E-state index >= 15 is 0 Å². The molecule has 1 N–H and O–H groups in total. The molecule has 4 nitrogen and oxygen atoms in total. The predicted molar refractivity (Wildman–Crippen MR) is 87.7 cm³/mol. The number of unbranched alkanes of at least 4 members (excludes halogenated alkanes) is 1. The summed E-state index contributed by atoms with van der Waals surface area (Å²) in [5, 5.41) is 2.71. The van der Waals surface area contributed by atoms with Gasteiger partial charge in [0.15, 0.2) is 5.13 Å². The van der Waals surface area contributed by atoms with Crippen LogP contribution in [0, 0.1) is 6.92 Å². The minimum absolute atomic E-state index is 0.181. The van der Waals surface area contributed by atoms with Gasteiger partial charge >= 0.3 is 0 Å². The highest BCUT2D eigenvalue weighted by atomic mass is 35.5. The number of anilines is 1. The number of aryl methyl sites for hydroxylation is 1. The van der Waals surface area contributed by atoms with Gasteiger partial charge in [0, 0.05) is 10.4 Å². The second kappa shape index (κ2) is 6.77. The number of sulfonamides is 1. The fraction of sp³-hybridized carbons (Fsp3) is 0.357. The summed E-state index contributed by atoms with van der Waals surface area (Å²) in [7, 11) is -3.66. The molecule has 114 valence electrons. The van der Waals surface area contributed by atoms with Crippen molar-refractivity contribution in [3.8, 4) is 0 Å². The Labute approximate surface area is 134 Å². The van der Waals surface area contributed by atoms with Crippen LogP contribution in [0.2, 0.25) is 5.02 Å². The van der Waals surface area contributed by atoms with E-state index in [1.54, 1.807) is 19.1 Å². The molecule has 0 fully saturated rings. The Kier molecular flexibility index (Phi) is 5.24. The minimum Gasteiger partial charge on any atom is -0.255 e. The summed E-state index contributed by atoms with van der Waals surface area (Å²) in [5.41, 5.74) is 1.46. The van der Waals surface area contributed by atoms with Crippen molar-refractivity contribution in [2.75, 3.05) is 4.72 Å². The maximum atomic E-state index is 12.4. The van der Waals surface area contributed by atoms with E-state index in [9.17, 15) is 8.42 Å². The van der Waals surface area contributed by atoms with Crippen LogP contribution < -0.4 is 4.72 Å². The first-order valence-corrected chi connectivity index (χ1v) is 9.40. The van der Waals surface area contributed by atoms with Crippen LogP contribution in [0.1, 0.15) is 31.0 Å². The van der Waals surface area contributed by atoms with Crippen molar-refractivity contribution in [3.63, 3.8) is 0 Å². The number of aromatic nitrogens is 1. The summed E-state index contributed by atoms with van der Waals surface area (Å²) in [5.74, 6) is 0. The zero-order valence-electron chi connectivity index (χ0n) is 11.9. The van der Waals surface area contributed by atoms with E-state index in [0.29, 0.717) is 15.7 Å². The van der Waals surface area contributed by atoms with Crippen molar-refractivity contribution in [1.82, 2.24) is 4.98 Å². The molecule has 0 atom stereocenters. The van der Waals surface area contributed by atoms with Gasteiger partial charge in [-0.15, -0.1) is 11.3 Å². The van der Waals surface area contributed by atoms with Gasteiger partial charge in [0.05, 0.1) is 10.6 Å². The summed E-state index contributed by atoms with van der Waals surface area (Å²) in [6, 6.07) is 4.83. The first-order chi connectivity index (χ1) is 9.94. The lowest BCUT2D eigenvalue weighted by molar-refractivity contribution is 0.600. The van der Waals surface area contributed by atoms with Crippen molar-refractivity contribution < 1.29 is 8.42 Å². The molecule has 1 aromatic carbocycles. The number of hydrogen-bond donors (Lipinski definition) is 1. The molecule has 0 aliphatic rings. The zero-order valence-corrected chi connectivity index (χ0v) is 14.3. The van der Waals surface area contributed by atoms with E-state index in [1.807, 2.05) is 5.38 Å². The van der Waals surface area contributed by atoms with Crippen LogP contribution in [-0.4, -0.2) is 13.4 Å². The van der Waals surface area contributed by atoms with Gasteiger partial charge in [0.2, 0.25) is 0 Å². The summed E-state index contributed by atoms with van der Waals surface area (Å²) in [6.07, 6.45) is 2.99. The molecule has 2 aromatic rings. The third-order valence-electron chi connectivity index (χ3n) is 3.07. The predicted octanol–water partition coefficient (Wildman–Crippen LogP) is 4.25. The highest BCUT2D eigenvalue weighted by molar-refractivity contribution is 7.93. The van der Waals surface area contributed by atoms with Crippen molar-refractivity contribution in [1.29, 1.82) is 0 Å². The SMILES string of the molecule is CCCCc1csc(NS(=O)(=O)c2cccc(Cl)c2C)n1. The molecule has 0 radical (unpaired) electrons. The average molecular weight is 345 g/mol. The van der Waals surface area contributed by atoms with Crippen LogP contribution in [0.5, 0.6) is 0 Å². The van der Waals surface area contributed by atoms with E-state index in [1.165, 1.54) is 17.4 Å². The lowest BCUT2D eigenvalue weighted by Crippen LogP contribution is -2.14. The molecule has 0 spiro atoms. The third-order valence-corrected chi connectivity index (χ3v) is 5.90. The number of benzene rings is 1. The van der Waals surface area contributed by atoms with Gasteiger partial charge in [-0.2, -0.15) is 0 Å². The molecule has 2 rings (SSSR count). The van der Waals surface area contributed by atoms with Crippen LogP contribution in [0.25, 0.3) is 0 Å². The summed E-state index contributed by atoms with van der Waals surface area (Å²) >= 11 is 7.28. The first kappa shape index (κ1) is 16.3. The Morgan fingerprint density at radius 2 is 2.14 bits per heavy atom. The molecule has 0 saturated heterocycles. The fourth-order valence-electron chi connectivity index (χ4n) is 1.88. The zero-order chi connectivity index (χ0) is 15.5. The molecule has 0 unspecified atom stereocenters. The van der Waals surface area contributed by atoms with Crippen LogP contribution in [-0.2, 0) is 16.4 Å².